The molecule has 0 radical (unpaired) electrons. The highest BCUT2D eigenvalue weighted by molar-refractivity contribution is 4.80. The van der Waals surface area contributed by atoms with Gasteiger partial charge in [0, 0.05) is 18.6 Å². The van der Waals surface area contributed by atoms with Gasteiger partial charge in [-0.3, -0.25) is 4.90 Å². The first-order chi connectivity index (χ1) is 7.50. The molecule has 0 aromatic carbocycles. The van der Waals surface area contributed by atoms with E-state index in [4.69, 9.17) is 0 Å². The molecule has 0 saturated carbocycles. The summed E-state index contributed by atoms with van der Waals surface area (Å²) < 4.78 is 0. The van der Waals surface area contributed by atoms with Crippen molar-refractivity contribution in [2.24, 2.45) is 5.92 Å². The predicted octanol–water partition coefficient (Wildman–Crippen LogP) is 2.84. The zero-order valence-electron chi connectivity index (χ0n) is 11.9. The average Bonchev–Trinajstić information content (AvgIpc) is 2.26. The van der Waals surface area contributed by atoms with E-state index in [-0.39, 0.29) is 0 Å². The van der Waals surface area contributed by atoms with Crippen LogP contribution in [0.1, 0.15) is 47.0 Å². The Hall–Kier alpha value is -0.0800. The number of likely N-dealkylation sites (tertiary alicyclic amines) is 1. The molecule has 1 heterocycles. The Morgan fingerprint density at radius 3 is 2.50 bits per heavy atom. The van der Waals surface area contributed by atoms with Crippen molar-refractivity contribution in [1.82, 2.24) is 9.80 Å². The van der Waals surface area contributed by atoms with Crippen LogP contribution in [0.25, 0.3) is 0 Å². The molecule has 0 amide bonds. The maximum absolute atomic E-state index is 2.63. The van der Waals surface area contributed by atoms with Crippen molar-refractivity contribution in [2.45, 2.75) is 59.0 Å². The van der Waals surface area contributed by atoms with E-state index < -0.39 is 0 Å². The van der Waals surface area contributed by atoms with Crippen LogP contribution in [0, 0.1) is 5.92 Å². The van der Waals surface area contributed by atoms with Crippen LogP contribution in [0.15, 0.2) is 0 Å². The predicted molar refractivity (Wildman–Crippen MR) is 71.8 cm³/mol. The quantitative estimate of drug-likeness (QED) is 0.711. The van der Waals surface area contributed by atoms with Crippen LogP contribution < -0.4 is 0 Å². The lowest BCUT2D eigenvalue weighted by Gasteiger charge is -2.39. The summed E-state index contributed by atoms with van der Waals surface area (Å²) in [5.74, 6) is 0.826. The van der Waals surface area contributed by atoms with Crippen LogP contribution in [0.3, 0.4) is 0 Å². The Balaban J connectivity index is 2.34. The van der Waals surface area contributed by atoms with Gasteiger partial charge in [-0.05, 0) is 59.2 Å². The molecule has 1 aliphatic heterocycles. The number of nitrogens with zero attached hydrogens (tertiary/aromatic N) is 2. The van der Waals surface area contributed by atoms with Gasteiger partial charge in [-0.2, -0.15) is 0 Å². The second-order valence-corrected chi connectivity index (χ2v) is 6.05. The van der Waals surface area contributed by atoms with E-state index in [1.54, 1.807) is 0 Å². The molecule has 16 heavy (non-hydrogen) atoms. The van der Waals surface area contributed by atoms with Crippen molar-refractivity contribution in [3.05, 3.63) is 0 Å². The van der Waals surface area contributed by atoms with Crippen LogP contribution in [0.5, 0.6) is 0 Å². The van der Waals surface area contributed by atoms with Crippen LogP contribution in [-0.4, -0.2) is 48.6 Å². The highest BCUT2D eigenvalue weighted by Crippen LogP contribution is 2.17. The molecule has 0 aliphatic carbocycles. The smallest absolute Gasteiger partial charge is 0.0220 e. The summed E-state index contributed by atoms with van der Waals surface area (Å²) in [4.78, 5) is 5.20. The Kier molecular flexibility index (Phi) is 5.77. The van der Waals surface area contributed by atoms with Crippen LogP contribution in [-0.2, 0) is 0 Å². The van der Waals surface area contributed by atoms with E-state index >= 15 is 0 Å². The Bertz CT molecular complexity index is 189. The maximum atomic E-state index is 2.63. The molecule has 0 aromatic rings. The molecule has 1 atom stereocenters. The molecule has 1 fully saturated rings. The topological polar surface area (TPSA) is 6.48 Å². The number of likely N-dealkylation sites (N-methyl/N-ethyl adjacent to an activating group) is 1. The summed E-state index contributed by atoms with van der Waals surface area (Å²) in [5, 5.41) is 0. The lowest BCUT2D eigenvalue weighted by molar-refractivity contribution is 0.0926. The Labute approximate surface area is 102 Å². The third-order valence-corrected chi connectivity index (χ3v) is 3.84. The fourth-order valence-electron chi connectivity index (χ4n) is 2.46. The Morgan fingerprint density at radius 1 is 1.25 bits per heavy atom. The van der Waals surface area contributed by atoms with Gasteiger partial charge in [0.15, 0.2) is 0 Å². The fraction of sp³-hybridized carbons (Fsp3) is 1.00. The molecule has 2 heteroatoms. The zero-order valence-corrected chi connectivity index (χ0v) is 11.9. The van der Waals surface area contributed by atoms with Crippen molar-refractivity contribution in [2.75, 3.05) is 26.7 Å². The van der Waals surface area contributed by atoms with E-state index in [1.807, 2.05) is 0 Å². The first-order valence-corrected chi connectivity index (χ1v) is 6.95. The second kappa shape index (κ2) is 6.61. The van der Waals surface area contributed by atoms with Crippen molar-refractivity contribution >= 4 is 0 Å². The molecule has 2 nitrogen and oxygen atoms in total. The SMILES string of the molecule is CC(C)CCN(C)C1CCCN(C(C)C)C1. The lowest BCUT2D eigenvalue weighted by Crippen LogP contribution is -2.49. The van der Waals surface area contributed by atoms with Gasteiger partial charge in [0.05, 0.1) is 0 Å². The molecular weight excluding hydrogens is 196 g/mol. The van der Waals surface area contributed by atoms with Crippen molar-refractivity contribution < 1.29 is 0 Å². The standard InChI is InChI=1S/C14H30N2/c1-12(2)8-10-15(5)14-7-6-9-16(11-14)13(3)4/h12-14H,6-11H2,1-5H3. The molecule has 96 valence electrons. The molecule has 1 rings (SSSR count). The normalized spacial score (nSPS) is 23.6. The summed E-state index contributed by atoms with van der Waals surface area (Å²) in [7, 11) is 2.30. The first kappa shape index (κ1) is 14.0. The van der Waals surface area contributed by atoms with E-state index in [0.717, 1.165) is 12.0 Å². The van der Waals surface area contributed by atoms with Gasteiger partial charge >= 0.3 is 0 Å². The van der Waals surface area contributed by atoms with E-state index in [1.165, 1.54) is 38.9 Å². The van der Waals surface area contributed by atoms with Gasteiger partial charge in [-0.25, -0.2) is 0 Å². The van der Waals surface area contributed by atoms with Gasteiger partial charge in [-0.15, -0.1) is 0 Å². The van der Waals surface area contributed by atoms with Gasteiger partial charge in [0.1, 0.15) is 0 Å². The molecule has 1 unspecified atom stereocenters. The van der Waals surface area contributed by atoms with Crippen molar-refractivity contribution in [1.29, 1.82) is 0 Å². The first-order valence-electron chi connectivity index (χ1n) is 6.95. The minimum absolute atomic E-state index is 0.710. The summed E-state index contributed by atoms with van der Waals surface area (Å²) >= 11 is 0. The second-order valence-electron chi connectivity index (χ2n) is 6.05. The summed E-state index contributed by atoms with van der Waals surface area (Å²) in [6.45, 7) is 13.1. The third kappa shape index (κ3) is 4.42. The van der Waals surface area contributed by atoms with Gasteiger partial charge in [-0.1, -0.05) is 13.8 Å². The number of rotatable bonds is 5. The minimum atomic E-state index is 0.710. The number of hydrogen-bond acceptors (Lipinski definition) is 2. The van der Waals surface area contributed by atoms with Crippen molar-refractivity contribution in [3.8, 4) is 0 Å². The third-order valence-electron chi connectivity index (χ3n) is 3.84. The lowest BCUT2D eigenvalue weighted by atomic mass is 10.0. The number of piperidine rings is 1. The number of hydrogen-bond donors (Lipinski definition) is 0. The van der Waals surface area contributed by atoms with Crippen LogP contribution >= 0.6 is 0 Å². The van der Waals surface area contributed by atoms with E-state index in [0.29, 0.717) is 6.04 Å². The van der Waals surface area contributed by atoms with Gasteiger partial charge in [0.25, 0.3) is 0 Å². The van der Waals surface area contributed by atoms with Crippen LogP contribution in [0.4, 0.5) is 0 Å². The molecule has 0 bridgehead atoms. The van der Waals surface area contributed by atoms with E-state index in [2.05, 4.69) is 44.5 Å². The minimum Gasteiger partial charge on any atom is -0.302 e. The fourth-order valence-corrected chi connectivity index (χ4v) is 2.46. The molecule has 1 aliphatic rings. The molecule has 0 N–H and O–H groups in total. The summed E-state index contributed by atoms with van der Waals surface area (Å²) in [5.41, 5.74) is 0. The molecular formula is C14H30N2. The monoisotopic (exact) mass is 226 g/mol. The average molecular weight is 226 g/mol. The Morgan fingerprint density at radius 2 is 1.94 bits per heavy atom. The largest absolute Gasteiger partial charge is 0.302 e. The van der Waals surface area contributed by atoms with Gasteiger partial charge in [0.2, 0.25) is 0 Å². The van der Waals surface area contributed by atoms with Crippen LogP contribution in [0.2, 0.25) is 0 Å². The highest BCUT2D eigenvalue weighted by atomic mass is 15.2. The molecule has 0 aromatic heterocycles. The van der Waals surface area contributed by atoms with Gasteiger partial charge < -0.3 is 4.90 Å². The van der Waals surface area contributed by atoms with E-state index in [9.17, 15) is 0 Å². The maximum Gasteiger partial charge on any atom is 0.0220 e. The zero-order chi connectivity index (χ0) is 12.1. The van der Waals surface area contributed by atoms with Crippen molar-refractivity contribution in [3.63, 3.8) is 0 Å². The highest BCUT2D eigenvalue weighted by Gasteiger charge is 2.24. The molecule has 1 saturated heterocycles. The molecule has 0 spiro atoms. The summed E-state index contributed by atoms with van der Waals surface area (Å²) in [6.07, 6.45) is 4.08. The summed E-state index contributed by atoms with van der Waals surface area (Å²) in [6, 6.07) is 1.50.